The molecule has 0 heterocycles. The number of primary amides is 1. The Morgan fingerprint density at radius 3 is 2.35 bits per heavy atom. The number of aryl methyl sites for hydroxylation is 1. The first-order valence-electron chi connectivity index (χ1n) is 7.95. The van der Waals surface area contributed by atoms with Gasteiger partial charge in [0.2, 0.25) is 11.8 Å². The van der Waals surface area contributed by atoms with Crippen LogP contribution in [0.15, 0.2) is 48.5 Å². The lowest BCUT2D eigenvalue weighted by Crippen LogP contribution is -2.46. The van der Waals surface area contributed by atoms with E-state index in [1.54, 1.807) is 0 Å². The Labute approximate surface area is 149 Å². The van der Waals surface area contributed by atoms with E-state index >= 15 is 0 Å². The molecule has 0 aliphatic rings. The summed E-state index contributed by atoms with van der Waals surface area (Å²) in [5, 5.41) is 2.50. The molecule has 26 heavy (non-hydrogen) atoms. The molecule has 1 atom stereocenters. The molecule has 0 fully saturated rings. The van der Waals surface area contributed by atoms with Crippen LogP contribution in [0, 0.1) is 6.92 Å². The molecule has 0 saturated heterocycles. The van der Waals surface area contributed by atoms with Gasteiger partial charge in [0.15, 0.2) is 0 Å². The summed E-state index contributed by atoms with van der Waals surface area (Å²) in [5.74, 6) is -1.27. The van der Waals surface area contributed by atoms with Crippen molar-refractivity contribution in [1.82, 2.24) is 5.32 Å². The van der Waals surface area contributed by atoms with Crippen LogP contribution < -0.4 is 11.1 Å². The van der Waals surface area contributed by atoms with Crippen molar-refractivity contribution in [2.24, 2.45) is 5.73 Å². The van der Waals surface area contributed by atoms with E-state index in [0.29, 0.717) is 0 Å². The van der Waals surface area contributed by atoms with Gasteiger partial charge in [-0.3, -0.25) is 9.59 Å². The van der Waals surface area contributed by atoms with Crippen molar-refractivity contribution in [2.45, 2.75) is 32.0 Å². The molecule has 0 radical (unpaired) electrons. The van der Waals surface area contributed by atoms with E-state index in [1.165, 1.54) is 12.1 Å². The zero-order valence-electron chi connectivity index (χ0n) is 14.1. The van der Waals surface area contributed by atoms with Gasteiger partial charge in [-0.15, -0.1) is 0 Å². The maximum atomic E-state index is 12.7. The summed E-state index contributed by atoms with van der Waals surface area (Å²) in [5.41, 5.74) is 6.55. The lowest BCUT2D eigenvalue weighted by atomic mass is 10.0. The average Bonchev–Trinajstić information content (AvgIpc) is 2.53. The first-order valence-corrected chi connectivity index (χ1v) is 7.95. The van der Waals surface area contributed by atoms with E-state index in [9.17, 15) is 22.8 Å². The molecular weight excluding hydrogens is 345 g/mol. The topological polar surface area (TPSA) is 72.2 Å². The number of nitrogens with two attached hydrogens (primary N) is 1. The number of rotatable bonds is 6. The minimum atomic E-state index is -4.48. The first-order chi connectivity index (χ1) is 12.1. The Morgan fingerprint density at radius 2 is 1.73 bits per heavy atom. The Kier molecular flexibility index (Phi) is 6.02. The summed E-state index contributed by atoms with van der Waals surface area (Å²) >= 11 is 0. The third-order valence-electron chi connectivity index (χ3n) is 3.82. The minimum Gasteiger partial charge on any atom is -0.368 e. The highest BCUT2D eigenvalue weighted by molar-refractivity contribution is 5.87. The van der Waals surface area contributed by atoms with Gasteiger partial charge in [-0.25, -0.2) is 0 Å². The van der Waals surface area contributed by atoms with Crippen molar-refractivity contribution < 1.29 is 22.8 Å². The highest BCUT2D eigenvalue weighted by atomic mass is 19.4. The van der Waals surface area contributed by atoms with Gasteiger partial charge in [0.25, 0.3) is 0 Å². The molecule has 0 spiro atoms. The van der Waals surface area contributed by atoms with Gasteiger partial charge in [-0.1, -0.05) is 48.0 Å². The number of hydrogen-bond donors (Lipinski definition) is 2. The van der Waals surface area contributed by atoms with E-state index in [0.717, 1.165) is 23.3 Å². The van der Waals surface area contributed by atoms with Crippen molar-refractivity contribution >= 4 is 11.8 Å². The number of nitrogens with one attached hydrogen (secondary N) is 1. The van der Waals surface area contributed by atoms with Crippen LogP contribution >= 0.6 is 0 Å². The third kappa shape index (κ3) is 5.61. The largest absolute Gasteiger partial charge is 0.416 e. The fourth-order valence-electron chi connectivity index (χ4n) is 2.59. The van der Waals surface area contributed by atoms with Crippen molar-refractivity contribution in [1.29, 1.82) is 0 Å². The van der Waals surface area contributed by atoms with Crippen LogP contribution in [0.2, 0.25) is 0 Å². The molecule has 2 amide bonds. The quantitative estimate of drug-likeness (QED) is 0.827. The number of alkyl halides is 3. The fraction of sp³-hybridized carbons (Fsp3) is 0.263. The average molecular weight is 364 g/mol. The molecule has 0 bridgehead atoms. The predicted molar refractivity (Wildman–Crippen MR) is 91.2 cm³/mol. The van der Waals surface area contributed by atoms with Crippen molar-refractivity contribution in [3.8, 4) is 0 Å². The van der Waals surface area contributed by atoms with Gasteiger partial charge in [0.05, 0.1) is 12.0 Å². The summed E-state index contributed by atoms with van der Waals surface area (Å²) in [7, 11) is 0. The molecule has 0 aromatic heterocycles. The van der Waals surface area contributed by atoms with Gasteiger partial charge in [-0.05, 0) is 24.1 Å². The maximum Gasteiger partial charge on any atom is 0.416 e. The molecule has 0 aliphatic heterocycles. The Balaban J connectivity index is 2.05. The van der Waals surface area contributed by atoms with E-state index in [-0.39, 0.29) is 18.4 Å². The molecule has 2 aromatic carbocycles. The van der Waals surface area contributed by atoms with Crippen molar-refractivity contribution in [3.63, 3.8) is 0 Å². The van der Waals surface area contributed by atoms with Gasteiger partial charge in [0, 0.05) is 6.42 Å². The normalized spacial score (nSPS) is 12.5. The minimum absolute atomic E-state index is 0.205. The van der Waals surface area contributed by atoms with Crippen LogP contribution in [0.3, 0.4) is 0 Å². The summed E-state index contributed by atoms with van der Waals surface area (Å²) in [4.78, 5) is 23.8. The molecule has 2 aromatic rings. The van der Waals surface area contributed by atoms with Crippen molar-refractivity contribution in [2.75, 3.05) is 0 Å². The van der Waals surface area contributed by atoms with Gasteiger partial charge >= 0.3 is 6.18 Å². The number of halogens is 3. The maximum absolute atomic E-state index is 12.7. The Bertz CT molecular complexity index is 803. The fourth-order valence-corrected chi connectivity index (χ4v) is 2.59. The summed E-state index contributed by atoms with van der Waals surface area (Å²) in [6.07, 6.45) is -4.54. The van der Waals surface area contributed by atoms with E-state index in [2.05, 4.69) is 5.32 Å². The van der Waals surface area contributed by atoms with E-state index in [1.807, 2.05) is 31.2 Å². The highest BCUT2D eigenvalue weighted by Crippen LogP contribution is 2.29. The number of hydrogen-bond acceptors (Lipinski definition) is 2. The third-order valence-corrected chi connectivity index (χ3v) is 3.82. The molecule has 0 aliphatic carbocycles. The SMILES string of the molecule is Cc1cccc(C[C@@H](NC(=O)Cc2cccc(C(F)(F)F)c2)C(N)=O)c1. The number of amides is 2. The van der Waals surface area contributed by atoms with Crippen LogP contribution in [-0.4, -0.2) is 17.9 Å². The number of carbonyl (C=O) groups excluding carboxylic acids is 2. The second-order valence-electron chi connectivity index (χ2n) is 6.09. The zero-order valence-corrected chi connectivity index (χ0v) is 14.1. The van der Waals surface area contributed by atoms with E-state index < -0.39 is 29.6 Å². The van der Waals surface area contributed by atoms with Gasteiger partial charge in [0.1, 0.15) is 6.04 Å². The Hall–Kier alpha value is -2.83. The molecule has 7 heteroatoms. The highest BCUT2D eigenvalue weighted by Gasteiger charge is 2.30. The number of carbonyl (C=O) groups is 2. The van der Waals surface area contributed by atoms with Gasteiger partial charge < -0.3 is 11.1 Å². The standard InChI is InChI=1S/C19H19F3N2O2/c1-12-4-2-5-13(8-12)10-16(18(23)26)24-17(25)11-14-6-3-7-15(9-14)19(20,21)22/h2-9,16H,10-11H2,1H3,(H2,23,26)(H,24,25)/t16-/m1/s1. The van der Waals surface area contributed by atoms with Crippen LogP contribution in [-0.2, 0) is 28.6 Å². The lowest BCUT2D eigenvalue weighted by Gasteiger charge is -2.16. The molecule has 0 unspecified atom stereocenters. The summed E-state index contributed by atoms with van der Waals surface area (Å²) in [6, 6.07) is 11.0. The second-order valence-corrected chi connectivity index (χ2v) is 6.09. The molecule has 2 rings (SSSR count). The monoisotopic (exact) mass is 364 g/mol. The second kappa shape index (κ2) is 8.03. The zero-order chi connectivity index (χ0) is 19.3. The first kappa shape index (κ1) is 19.5. The smallest absolute Gasteiger partial charge is 0.368 e. The van der Waals surface area contributed by atoms with Crippen LogP contribution in [0.5, 0.6) is 0 Å². The number of benzene rings is 2. The van der Waals surface area contributed by atoms with E-state index in [4.69, 9.17) is 5.73 Å². The van der Waals surface area contributed by atoms with Crippen LogP contribution in [0.1, 0.15) is 22.3 Å². The molecule has 4 nitrogen and oxygen atoms in total. The lowest BCUT2D eigenvalue weighted by molar-refractivity contribution is -0.137. The summed E-state index contributed by atoms with van der Waals surface area (Å²) in [6.45, 7) is 1.90. The van der Waals surface area contributed by atoms with Gasteiger partial charge in [-0.2, -0.15) is 13.2 Å². The van der Waals surface area contributed by atoms with Crippen LogP contribution in [0.4, 0.5) is 13.2 Å². The Morgan fingerprint density at radius 1 is 1.08 bits per heavy atom. The molecule has 138 valence electrons. The molecule has 3 N–H and O–H groups in total. The van der Waals surface area contributed by atoms with Crippen molar-refractivity contribution in [3.05, 3.63) is 70.8 Å². The molecule has 0 saturated carbocycles. The molecular formula is C19H19F3N2O2. The summed E-state index contributed by atoms with van der Waals surface area (Å²) < 4.78 is 38.2. The predicted octanol–water partition coefficient (Wildman–Crippen LogP) is 2.77. The van der Waals surface area contributed by atoms with Crippen LogP contribution in [0.25, 0.3) is 0 Å².